The molecule has 0 bridgehead atoms. The second-order valence-corrected chi connectivity index (χ2v) is 7.12. The number of carbonyl (C=O) groups excluding carboxylic acids is 1. The molecule has 1 aromatic heterocycles. The number of halogens is 2. The molecule has 0 unspecified atom stereocenters. The Balaban J connectivity index is 1.70. The highest BCUT2D eigenvalue weighted by Crippen LogP contribution is 2.24. The quantitative estimate of drug-likeness (QED) is 0.617. The number of nitrogens with zero attached hydrogens (tertiary/aromatic N) is 3. The molecule has 152 valence electrons. The third kappa shape index (κ3) is 4.59. The Morgan fingerprint density at radius 3 is 2.52 bits per heavy atom. The number of benzene rings is 2. The molecule has 1 heterocycles. The molecular weight excluding hydrogens is 391 g/mol. The van der Waals surface area contributed by atoms with Gasteiger partial charge in [0.05, 0.1) is 16.9 Å². The van der Waals surface area contributed by atoms with E-state index in [2.05, 4.69) is 41.3 Å². The molecule has 29 heavy (non-hydrogen) atoms. The van der Waals surface area contributed by atoms with E-state index >= 15 is 0 Å². The Labute approximate surface area is 175 Å². The summed E-state index contributed by atoms with van der Waals surface area (Å²) < 4.78 is 14.6. The van der Waals surface area contributed by atoms with Gasteiger partial charge in [-0.2, -0.15) is 5.10 Å². The van der Waals surface area contributed by atoms with Gasteiger partial charge in [0.15, 0.2) is 0 Å². The van der Waals surface area contributed by atoms with Crippen LogP contribution >= 0.6 is 11.6 Å². The topological polar surface area (TPSA) is 50.2 Å². The van der Waals surface area contributed by atoms with Crippen LogP contribution in [0.2, 0.25) is 5.15 Å². The first-order valence-electron chi connectivity index (χ1n) is 9.52. The second-order valence-electron chi connectivity index (χ2n) is 6.76. The van der Waals surface area contributed by atoms with Gasteiger partial charge >= 0.3 is 0 Å². The van der Waals surface area contributed by atoms with Crippen LogP contribution in [0.3, 0.4) is 0 Å². The van der Waals surface area contributed by atoms with E-state index in [0.29, 0.717) is 30.0 Å². The van der Waals surface area contributed by atoms with Gasteiger partial charge < -0.3 is 10.2 Å². The van der Waals surface area contributed by atoms with Crippen LogP contribution in [0.4, 0.5) is 10.1 Å². The Morgan fingerprint density at radius 1 is 1.17 bits per heavy atom. The van der Waals surface area contributed by atoms with E-state index in [-0.39, 0.29) is 16.9 Å². The number of anilines is 1. The zero-order valence-corrected chi connectivity index (χ0v) is 17.5. The number of likely N-dealkylation sites (N-methyl/N-ethyl adjacent to an activating group) is 1. The van der Waals surface area contributed by atoms with Gasteiger partial charge in [-0.15, -0.1) is 0 Å². The molecule has 0 saturated carbocycles. The summed E-state index contributed by atoms with van der Waals surface area (Å²) in [7, 11) is 0. The largest absolute Gasteiger partial charge is 0.370 e. The van der Waals surface area contributed by atoms with Gasteiger partial charge in [0, 0.05) is 25.3 Å². The molecule has 3 aromatic rings. The summed E-state index contributed by atoms with van der Waals surface area (Å²) in [5.74, 6) is -0.623. The average molecular weight is 415 g/mol. The van der Waals surface area contributed by atoms with E-state index < -0.39 is 0 Å². The first-order valence-corrected chi connectivity index (χ1v) is 9.90. The van der Waals surface area contributed by atoms with Crippen molar-refractivity contribution < 1.29 is 9.18 Å². The minimum absolute atomic E-state index is 0.206. The van der Waals surface area contributed by atoms with E-state index in [1.54, 1.807) is 19.1 Å². The first-order chi connectivity index (χ1) is 13.9. The number of amides is 1. The summed E-state index contributed by atoms with van der Waals surface area (Å²) in [6, 6.07) is 14.0. The first kappa shape index (κ1) is 20.9. The fourth-order valence-electron chi connectivity index (χ4n) is 3.27. The molecule has 0 aliphatic rings. The van der Waals surface area contributed by atoms with Crippen molar-refractivity contribution >= 4 is 23.2 Å². The third-order valence-corrected chi connectivity index (χ3v) is 5.16. The zero-order chi connectivity index (χ0) is 21.0. The molecule has 0 fully saturated rings. The van der Waals surface area contributed by atoms with Gasteiger partial charge in [-0.1, -0.05) is 29.8 Å². The molecule has 0 aliphatic heterocycles. The van der Waals surface area contributed by atoms with Crippen molar-refractivity contribution in [3.8, 4) is 5.69 Å². The normalized spacial score (nSPS) is 10.8. The molecular formula is C22H24ClFN4O. The van der Waals surface area contributed by atoms with Crippen LogP contribution in [0.1, 0.15) is 28.5 Å². The molecule has 1 N–H and O–H groups in total. The molecule has 5 nitrogen and oxygen atoms in total. The standard InChI is InChI=1S/C22H24ClFN4O/c1-4-27(19-8-6-5-7-15(19)2)14-13-25-22(29)20-16(3)26-28(21(20)23)18-11-9-17(24)10-12-18/h5-12H,4,13-14H2,1-3H3,(H,25,29). The molecule has 0 saturated heterocycles. The van der Waals surface area contributed by atoms with E-state index in [9.17, 15) is 9.18 Å². The van der Waals surface area contributed by atoms with E-state index in [1.807, 2.05) is 12.1 Å². The highest BCUT2D eigenvalue weighted by molar-refractivity contribution is 6.33. The molecule has 0 aliphatic carbocycles. The fourth-order valence-corrected chi connectivity index (χ4v) is 3.63. The number of rotatable bonds is 7. The molecule has 0 radical (unpaired) electrons. The van der Waals surface area contributed by atoms with Crippen LogP contribution in [0.5, 0.6) is 0 Å². The van der Waals surface area contributed by atoms with Crippen molar-refractivity contribution in [3.63, 3.8) is 0 Å². The van der Waals surface area contributed by atoms with Crippen molar-refractivity contribution in [3.05, 3.63) is 76.3 Å². The molecule has 1 amide bonds. The summed E-state index contributed by atoms with van der Waals surface area (Å²) in [5.41, 5.74) is 3.79. The number of aromatic nitrogens is 2. The fraction of sp³-hybridized carbons (Fsp3) is 0.273. The predicted molar refractivity (Wildman–Crippen MR) is 115 cm³/mol. The van der Waals surface area contributed by atoms with Gasteiger partial charge in [0.2, 0.25) is 0 Å². The van der Waals surface area contributed by atoms with E-state index in [1.165, 1.54) is 22.4 Å². The van der Waals surface area contributed by atoms with Crippen LogP contribution in [-0.2, 0) is 0 Å². The van der Waals surface area contributed by atoms with Crippen molar-refractivity contribution in [2.45, 2.75) is 20.8 Å². The lowest BCUT2D eigenvalue weighted by Crippen LogP contribution is -2.35. The lowest BCUT2D eigenvalue weighted by Gasteiger charge is -2.25. The number of aryl methyl sites for hydroxylation is 2. The molecule has 7 heteroatoms. The van der Waals surface area contributed by atoms with Gasteiger partial charge in [0.1, 0.15) is 11.0 Å². The maximum absolute atomic E-state index is 13.2. The van der Waals surface area contributed by atoms with Gasteiger partial charge in [-0.3, -0.25) is 4.79 Å². The lowest BCUT2D eigenvalue weighted by atomic mass is 10.2. The zero-order valence-electron chi connectivity index (χ0n) is 16.7. The van der Waals surface area contributed by atoms with Crippen LogP contribution in [0, 0.1) is 19.7 Å². The number of hydrogen-bond donors (Lipinski definition) is 1. The Morgan fingerprint density at radius 2 is 1.86 bits per heavy atom. The van der Waals surface area contributed by atoms with Crippen molar-refractivity contribution in [2.24, 2.45) is 0 Å². The maximum Gasteiger partial charge on any atom is 0.256 e. The van der Waals surface area contributed by atoms with E-state index in [0.717, 1.165) is 12.2 Å². The summed E-state index contributed by atoms with van der Waals surface area (Å²) in [6.45, 7) is 7.87. The average Bonchev–Trinajstić information content (AvgIpc) is 3.00. The van der Waals surface area contributed by atoms with Gasteiger partial charge in [-0.25, -0.2) is 9.07 Å². The summed E-state index contributed by atoms with van der Waals surface area (Å²) in [6.07, 6.45) is 0. The number of carbonyl (C=O) groups is 1. The summed E-state index contributed by atoms with van der Waals surface area (Å²) in [4.78, 5) is 14.9. The molecule has 3 rings (SSSR count). The minimum Gasteiger partial charge on any atom is -0.370 e. The van der Waals surface area contributed by atoms with Crippen molar-refractivity contribution in [2.75, 3.05) is 24.5 Å². The van der Waals surface area contributed by atoms with Crippen LogP contribution < -0.4 is 10.2 Å². The Bertz CT molecular complexity index is 1000. The SMILES string of the molecule is CCN(CCNC(=O)c1c(C)nn(-c2ccc(F)cc2)c1Cl)c1ccccc1C. The predicted octanol–water partition coefficient (Wildman–Crippen LogP) is 4.54. The summed E-state index contributed by atoms with van der Waals surface area (Å²) >= 11 is 6.42. The lowest BCUT2D eigenvalue weighted by molar-refractivity contribution is 0.0954. The number of para-hydroxylation sites is 1. The Kier molecular flexibility index (Phi) is 6.54. The number of nitrogens with one attached hydrogen (secondary N) is 1. The van der Waals surface area contributed by atoms with Crippen LogP contribution in [0.15, 0.2) is 48.5 Å². The van der Waals surface area contributed by atoms with Gasteiger partial charge in [0.25, 0.3) is 5.91 Å². The monoisotopic (exact) mass is 414 g/mol. The second kappa shape index (κ2) is 9.09. The molecule has 0 atom stereocenters. The van der Waals surface area contributed by atoms with E-state index in [4.69, 9.17) is 11.6 Å². The van der Waals surface area contributed by atoms with Crippen molar-refractivity contribution in [1.82, 2.24) is 15.1 Å². The molecule has 0 spiro atoms. The smallest absolute Gasteiger partial charge is 0.256 e. The minimum atomic E-state index is -0.346. The van der Waals surface area contributed by atoms with Crippen molar-refractivity contribution in [1.29, 1.82) is 0 Å². The number of hydrogen-bond acceptors (Lipinski definition) is 3. The highest BCUT2D eigenvalue weighted by atomic mass is 35.5. The third-order valence-electron chi connectivity index (χ3n) is 4.81. The molecule has 2 aromatic carbocycles. The highest BCUT2D eigenvalue weighted by Gasteiger charge is 2.21. The van der Waals surface area contributed by atoms with Gasteiger partial charge in [-0.05, 0) is 56.7 Å². The maximum atomic E-state index is 13.2. The summed E-state index contributed by atoms with van der Waals surface area (Å²) in [5, 5.41) is 7.48. The van der Waals surface area contributed by atoms with Crippen LogP contribution in [0.25, 0.3) is 5.69 Å². The Hall–Kier alpha value is -2.86. The van der Waals surface area contributed by atoms with Crippen LogP contribution in [-0.4, -0.2) is 35.3 Å².